The molecule has 0 aromatic heterocycles. The number of anilines is 1. The first-order valence-corrected chi connectivity index (χ1v) is 6.46. The number of benzene rings is 2. The van der Waals surface area contributed by atoms with E-state index in [2.05, 4.69) is 28.9 Å². The van der Waals surface area contributed by atoms with E-state index in [0.717, 1.165) is 17.9 Å². The molecule has 0 aliphatic carbocycles. The van der Waals surface area contributed by atoms with Gasteiger partial charge in [-0.15, -0.1) is 0 Å². The lowest BCUT2D eigenvalue weighted by Crippen LogP contribution is -2.25. The summed E-state index contributed by atoms with van der Waals surface area (Å²) in [6.07, 6.45) is 0.155. The fraction of sp³-hybridized carbons (Fsp3) is 0.188. The van der Waals surface area contributed by atoms with Gasteiger partial charge in [-0.25, -0.2) is 0 Å². The summed E-state index contributed by atoms with van der Waals surface area (Å²) in [6.45, 7) is 2.89. The van der Waals surface area contributed by atoms with Crippen LogP contribution in [0, 0.1) is 0 Å². The number of para-hydroxylation sites is 2. The molecule has 0 spiro atoms. The summed E-state index contributed by atoms with van der Waals surface area (Å²) in [5.74, 6) is 0. The molecule has 0 bridgehead atoms. The van der Waals surface area contributed by atoms with Crippen molar-refractivity contribution in [3.05, 3.63) is 60.7 Å². The lowest BCUT2D eigenvalue weighted by molar-refractivity contribution is 0.252. The van der Waals surface area contributed by atoms with Crippen molar-refractivity contribution >= 4 is 17.4 Å². The first kappa shape index (κ1) is 11.8. The molecule has 1 aliphatic heterocycles. The molecule has 2 aromatic carbocycles. The van der Waals surface area contributed by atoms with Gasteiger partial charge in [-0.2, -0.15) is 4.99 Å². The summed E-state index contributed by atoms with van der Waals surface area (Å²) in [5.41, 5.74) is 2.02. The Morgan fingerprint density at radius 1 is 1.00 bits per heavy atom. The molecule has 0 radical (unpaired) electrons. The third kappa shape index (κ3) is 2.60. The number of ether oxygens (including phenoxy) is 1. The fourth-order valence-electron chi connectivity index (χ4n) is 2.14. The van der Waals surface area contributed by atoms with E-state index in [1.165, 1.54) is 0 Å². The van der Waals surface area contributed by atoms with Crippen LogP contribution in [0.5, 0.6) is 0 Å². The Hall–Kier alpha value is -2.29. The maximum atomic E-state index is 5.81. The number of nitrogens with zero attached hydrogens (tertiary/aromatic N) is 2. The van der Waals surface area contributed by atoms with Crippen LogP contribution in [-0.4, -0.2) is 18.7 Å². The maximum Gasteiger partial charge on any atom is 0.297 e. The second-order valence-corrected chi connectivity index (χ2v) is 4.60. The summed E-state index contributed by atoms with van der Waals surface area (Å²) in [7, 11) is 0. The summed E-state index contributed by atoms with van der Waals surface area (Å²) < 4.78 is 5.81. The van der Waals surface area contributed by atoms with E-state index in [0.29, 0.717) is 6.02 Å². The number of amidine groups is 1. The maximum absolute atomic E-state index is 5.81. The highest BCUT2D eigenvalue weighted by molar-refractivity contribution is 5.95. The lowest BCUT2D eigenvalue weighted by atomic mass is 10.3. The van der Waals surface area contributed by atoms with Crippen LogP contribution in [0.3, 0.4) is 0 Å². The van der Waals surface area contributed by atoms with E-state index in [1.54, 1.807) is 0 Å². The van der Waals surface area contributed by atoms with Gasteiger partial charge in [-0.05, 0) is 31.2 Å². The molecular formula is C16H16N2O. The standard InChI is InChI=1S/C16H16N2O/c1-13-12-18(15-10-6-3-7-11-15)16(19-13)17-14-8-4-2-5-9-14/h2-11,13H,12H2,1H3. The van der Waals surface area contributed by atoms with Crippen LogP contribution in [0.15, 0.2) is 65.7 Å². The van der Waals surface area contributed by atoms with Gasteiger partial charge in [0.2, 0.25) is 0 Å². The zero-order valence-electron chi connectivity index (χ0n) is 10.9. The predicted molar refractivity (Wildman–Crippen MR) is 77.9 cm³/mol. The lowest BCUT2D eigenvalue weighted by Gasteiger charge is -2.15. The minimum absolute atomic E-state index is 0.155. The molecule has 3 nitrogen and oxygen atoms in total. The molecule has 0 amide bonds. The van der Waals surface area contributed by atoms with Crippen molar-refractivity contribution in [2.45, 2.75) is 13.0 Å². The van der Waals surface area contributed by atoms with Crippen LogP contribution < -0.4 is 4.90 Å². The van der Waals surface area contributed by atoms with Gasteiger partial charge in [0.15, 0.2) is 0 Å². The first-order valence-electron chi connectivity index (χ1n) is 6.46. The van der Waals surface area contributed by atoms with Gasteiger partial charge >= 0.3 is 0 Å². The van der Waals surface area contributed by atoms with E-state index < -0.39 is 0 Å². The van der Waals surface area contributed by atoms with Crippen molar-refractivity contribution in [3.8, 4) is 0 Å². The summed E-state index contributed by atoms with van der Waals surface area (Å²) in [5, 5.41) is 0. The quantitative estimate of drug-likeness (QED) is 0.815. The van der Waals surface area contributed by atoms with Crippen LogP contribution in [0.4, 0.5) is 11.4 Å². The van der Waals surface area contributed by atoms with E-state index in [9.17, 15) is 0 Å². The van der Waals surface area contributed by atoms with Crippen molar-refractivity contribution < 1.29 is 4.74 Å². The van der Waals surface area contributed by atoms with Crippen LogP contribution in [-0.2, 0) is 4.74 Å². The van der Waals surface area contributed by atoms with E-state index in [1.807, 2.05) is 48.5 Å². The van der Waals surface area contributed by atoms with Crippen LogP contribution in [0.1, 0.15) is 6.92 Å². The molecule has 0 saturated carbocycles. The van der Waals surface area contributed by atoms with Gasteiger partial charge < -0.3 is 4.74 Å². The third-order valence-corrected chi connectivity index (χ3v) is 3.03. The Balaban J connectivity index is 1.93. The zero-order chi connectivity index (χ0) is 13.1. The highest BCUT2D eigenvalue weighted by Gasteiger charge is 2.27. The van der Waals surface area contributed by atoms with Gasteiger partial charge in [0.1, 0.15) is 6.10 Å². The monoisotopic (exact) mass is 252 g/mol. The molecule has 19 heavy (non-hydrogen) atoms. The molecule has 3 heteroatoms. The highest BCUT2D eigenvalue weighted by atomic mass is 16.5. The molecule has 2 aromatic rings. The largest absolute Gasteiger partial charge is 0.460 e. The third-order valence-electron chi connectivity index (χ3n) is 3.03. The number of rotatable bonds is 2. The van der Waals surface area contributed by atoms with Crippen molar-refractivity contribution in [2.24, 2.45) is 4.99 Å². The van der Waals surface area contributed by atoms with Gasteiger partial charge in [0, 0.05) is 5.69 Å². The molecular weight excluding hydrogens is 236 g/mol. The molecule has 1 fully saturated rings. The van der Waals surface area contributed by atoms with E-state index >= 15 is 0 Å². The first-order chi connectivity index (χ1) is 9.33. The average molecular weight is 252 g/mol. The number of hydrogen-bond donors (Lipinski definition) is 0. The van der Waals surface area contributed by atoms with Crippen LogP contribution in [0.25, 0.3) is 0 Å². The minimum atomic E-state index is 0.155. The smallest absolute Gasteiger partial charge is 0.297 e. The Kier molecular flexibility index (Phi) is 3.19. The Morgan fingerprint density at radius 3 is 2.32 bits per heavy atom. The SMILES string of the molecule is CC1CN(c2ccccc2)C(=Nc2ccccc2)O1. The van der Waals surface area contributed by atoms with Crippen molar-refractivity contribution in [1.29, 1.82) is 0 Å². The normalized spacial score (nSPS) is 20.6. The second kappa shape index (κ2) is 5.14. The summed E-state index contributed by atoms with van der Waals surface area (Å²) >= 11 is 0. The van der Waals surface area contributed by atoms with Crippen molar-refractivity contribution in [2.75, 3.05) is 11.4 Å². The van der Waals surface area contributed by atoms with E-state index in [4.69, 9.17) is 4.74 Å². The molecule has 1 heterocycles. The topological polar surface area (TPSA) is 24.8 Å². The van der Waals surface area contributed by atoms with E-state index in [-0.39, 0.29) is 6.10 Å². The molecule has 1 unspecified atom stereocenters. The molecule has 3 rings (SSSR count). The molecule has 0 N–H and O–H groups in total. The number of hydrogen-bond acceptors (Lipinski definition) is 2. The fourth-order valence-corrected chi connectivity index (χ4v) is 2.14. The van der Waals surface area contributed by atoms with Gasteiger partial charge in [0.05, 0.1) is 12.2 Å². The van der Waals surface area contributed by atoms with Gasteiger partial charge in [-0.3, -0.25) is 4.90 Å². The Morgan fingerprint density at radius 2 is 1.63 bits per heavy atom. The van der Waals surface area contributed by atoms with Gasteiger partial charge in [-0.1, -0.05) is 36.4 Å². The van der Waals surface area contributed by atoms with Gasteiger partial charge in [0.25, 0.3) is 6.02 Å². The minimum Gasteiger partial charge on any atom is -0.460 e. The Bertz CT molecular complexity index is 566. The van der Waals surface area contributed by atoms with Crippen LogP contribution >= 0.6 is 0 Å². The summed E-state index contributed by atoms with van der Waals surface area (Å²) in [4.78, 5) is 6.70. The zero-order valence-corrected chi connectivity index (χ0v) is 10.9. The second-order valence-electron chi connectivity index (χ2n) is 4.60. The summed E-state index contributed by atoms with van der Waals surface area (Å²) in [6, 6.07) is 20.8. The molecule has 1 aliphatic rings. The van der Waals surface area contributed by atoms with Crippen molar-refractivity contribution in [3.63, 3.8) is 0 Å². The highest BCUT2D eigenvalue weighted by Crippen LogP contribution is 2.23. The predicted octanol–water partition coefficient (Wildman–Crippen LogP) is 3.60. The van der Waals surface area contributed by atoms with Crippen LogP contribution in [0.2, 0.25) is 0 Å². The van der Waals surface area contributed by atoms with Crippen molar-refractivity contribution in [1.82, 2.24) is 0 Å². The Labute approximate surface area is 113 Å². The molecule has 1 saturated heterocycles. The number of aliphatic imine (C=N–C) groups is 1. The molecule has 1 atom stereocenters. The molecule has 96 valence electrons. The average Bonchev–Trinajstić information content (AvgIpc) is 2.82.